The number of rotatable bonds is 5. The van der Waals surface area contributed by atoms with Crippen molar-refractivity contribution in [2.45, 2.75) is 16.7 Å². The fourth-order valence-electron chi connectivity index (χ4n) is 3.20. The van der Waals surface area contributed by atoms with Crippen molar-refractivity contribution in [3.05, 3.63) is 89.8 Å². The van der Waals surface area contributed by atoms with E-state index in [0.29, 0.717) is 15.4 Å². The predicted molar refractivity (Wildman–Crippen MR) is 118 cm³/mol. The molecule has 3 nitrogen and oxygen atoms in total. The highest BCUT2D eigenvalue weighted by molar-refractivity contribution is 7.91. The maximum Gasteiger partial charge on any atom is 0.207 e. The van der Waals surface area contributed by atoms with Crippen LogP contribution in [0, 0.1) is 6.92 Å². The molecule has 3 aromatic carbocycles. The van der Waals surface area contributed by atoms with Crippen LogP contribution in [-0.4, -0.2) is 15.5 Å². The molecule has 29 heavy (non-hydrogen) atoms. The highest BCUT2D eigenvalue weighted by Gasteiger charge is 2.23. The summed E-state index contributed by atoms with van der Waals surface area (Å²) in [7, 11) is -2.00. The number of hydrogen-bond acceptors (Lipinski definition) is 4. The Balaban J connectivity index is 1.87. The molecular weight excluding hydrogens is 400 g/mol. The van der Waals surface area contributed by atoms with Gasteiger partial charge in [0, 0.05) is 10.4 Å². The number of sulfone groups is 1. The largest absolute Gasteiger partial charge is 0.497 e. The quantitative estimate of drug-likeness (QED) is 0.384. The first-order valence-electron chi connectivity index (χ1n) is 9.13. The lowest BCUT2D eigenvalue weighted by Crippen LogP contribution is -2.04. The Morgan fingerprint density at radius 3 is 2.14 bits per heavy atom. The Morgan fingerprint density at radius 1 is 0.828 bits per heavy atom. The summed E-state index contributed by atoms with van der Waals surface area (Å²) in [6.45, 7) is 1.94. The van der Waals surface area contributed by atoms with Crippen molar-refractivity contribution in [1.29, 1.82) is 0 Å². The minimum absolute atomic E-state index is 0.304. The van der Waals surface area contributed by atoms with Crippen LogP contribution in [0.2, 0.25) is 0 Å². The molecule has 0 spiro atoms. The molecule has 146 valence electrons. The van der Waals surface area contributed by atoms with Crippen LogP contribution in [0.15, 0.2) is 94.0 Å². The summed E-state index contributed by atoms with van der Waals surface area (Å²) in [5, 5.41) is 1.96. The molecule has 0 fully saturated rings. The summed E-state index contributed by atoms with van der Waals surface area (Å²) in [5.74, 6) is 0.783. The van der Waals surface area contributed by atoms with E-state index < -0.39 is 9.84 Å². The second-order valence-corrected chi connectivity index (χ2v) is 9.60. The van der Waals surface area contributed by atoms with Crippen LogP contribution in [0.3, 0.4) is 0 Å². The third-order valence-corrected chi connectivity index (χ3v) is 7.54. The number of hydrogen-bond donors (Lipinski definition) is 0. The molecule has 0 bridgehead atoms. The van der Waals surface area contributed by atoms with Crippen molar-refractivity contribution in [3.63, 3.8) is 0 Å². The molecule has 0 atom stereocenters. The van der Waals surface area contributed by atoms with E-state index in [1.807, 2.05) is 73.0 Å². The monoisotopic (exact) mass is 420 g/mol. The highest BCUT2D eigenvalue weighted by Crippen LogP contribution is 2.37. The maximum absolute atomic E-state index is 13.4. The first kappa shape index (κ1) is 19.4. The first-order chi connectivity index (χ1) is 14.0. The molecule has 0 saturated heterocycles. The van der Waals surface area contributed by atoms with Gasteiger partial charge in [0.05, 0.1) is 16.9 Å². The fraction of sp³-hybridized carbons (Fsp3) is 0.0833. The molecule has 0 saturated carbocycles. The first-order valence-corrected chi connectivity index (χ1v) is 11.5. The Bertz CT molecular complexity index is 1220. The van der Waals surface area contributed by atoms with Crippen molar-refractivity contribution in [3.8, 4) is 27.3 Å². The molecule has 4 rings (SSSR count). The van der Waals surface area contributed by atoms with Gasteiger partial charge in [-0.2, -0.15) is 0 Å². The Labute approximate surface area is 175 Å². The summed E-state index contributed by atoms with van der Waals surface area (Å²) >= 11 is 1.53. The molecule has 4 aromatic rings. The highest BCUT2D eigenvalue weighted by atomic mass is 32.2. The van der Waals surface area contributed by atoms with Gasteiger partial charge in [0.25, 0.3) is 0 Å². The number of benzene rings is 3. The van der Waals surface area contributed by atoms with Crippen LogP contribution in [0.25, 0.3) is 21.6 Å². The Kier molecular flexibility index (Phi) is 5.26. The molecule has 1 aromatic heterocycles. The van der Waals surface area contributed by atoms with E-state index in [0.717, 1.165) is 27.3 Å². The van der Waals surface area contributed by atoms with Crippen molar-refractivity contribution in [2.24, 2.45) is 0 Å². The molecule has 0 aliphatic rings. The SMILES string of the molecule is COc1ccc(-c2ccc(S(=O)(=O)c3ccc(C)cc3)c(-c3cccs3)c2)cc1. The van der Waals surface area contributed by atoms with Gasteiger partial charge >= 0.3 is 0 Å². The Hall–Kier alpha value is -2.89. The molecule has 1 heterocycles. The Morgan fingerprint density at radius 2 is 1.52 bits per heavy atom. The van der Waals surface area contributed by atoms with Gasteiger partial charge in [-0.15, -0.1) is 11.3 Å². The fourth-order valence-corrected chi connectivity index (χ4v) is 5.47. The molecule has 5 heteroatoms. The summed E-state index contributed by atoms with van der Waals surface area (Å²) in [6.07, 6.45) is 0. The van der Waals surface area contributed by atoms with Gasteiger partial charge in [-0.25, -0.2) is 8.42 Å². The number of thiophene rings is 1. The van der Waals surface area contributed by atoms with Crippen LogP contribution in [-0.2, 0) is 9.84 Å². The second-order valence-electron chi connectivity index (χ2n) is 6.73. The third-order valence-electron chi connectivity index (χ3n) is 4.81. The number of methoxy groups -OCH3 is 1. The smallest absolute Gasteiger partial charge is 0.207 e. The number of aryl methyl sites for hydroxylation is 1. The van der Waals surface area contributed by atoms with E-state index in [1.54, 1.807) is 25.3 Å². The van der Waals surface area contributed by atoms with E-state index in [-0.39, 0.29) is 0 Å². The zero-order valence-electron chi connectivity index (χ0n) is 16.1. The predicted octanol–water partition coefficient (Wildman–Crippen LogP) is 6.23. The van der Waals surface area contributed by atoms with Crippen molar-refractivity contribution < 1.29 is 13.2 Å². The molecule has 0 N–H and O–H groups in total. The zero-order valence-corrected chi connectivity index (χ0v) is 17.8. The van der Waals surface area contributed by atoms with Crippen LogP contribution < -0.4 is 4.74 Å². The standard InChI is InChI=1S/C24H20O3S2/c1-17-5-12-21(13-6-17)29(25,26)24-14-9-19(16-22(24)23-4-3-15-28-23)18-7-10-20(27-2)11-8-18/h3-16H,1-2H3. The minimum Gasteiger partial charge on any atom is -0.497 e. The van der Waals surface area contributed by atoms with E-state index >= 15 is 0 Å². The van der Waals surface area contributed by atoms with Gasteiger partial charge in [-0.05, 0) is 65.9 Å². The van der Waals surface area contributed by atoms with E-state index in [1.165, 1.54) is 11.3 Å². The van der Waals surface area contributed by atoms with Gasteiger partial charge in [0.2, 0.25) is 9.84 Å². The minimum atomic E-state index is -3.64. The topological polar surface area (TPSA) is 43.4 Å². The van der Waals surface area contributed by atoms with Crippen molar-refractivity contribution >= 4 is 21.2 Å². The van der Waals surface area contributed by atoms with Crippen LogP contribution in [0.4, 0.5) is 0 Å². The molecule has 0 radical (unpaired) electrons. The average Bonchev–Trinajstić information content (AvgIpc) is 3.28. The van der Waals surface area contributed by atoms with E-state index in [4.69, 9.17) is 4.74 Å². The molecule has 0 aliphatic heterocycles. The van der Waals surface area contributed by atoms with Gasteiger partial charge in [0.15, 0.2) is 0 Å². The van der Waals surface area contributed by atoms with E-state index in [9.17, 15) is 8.42 Å². The van der Waals surface area contributed by atoms with Gasteiger partial charge in [-0.3, -0.25) is 0 Å². The molecule has 0 unspecified atom stereocenters. The van der Waals surface area contributed by atoms with Crippen molar-refractivity contribution in [2.75, 3.05) is 7.11 Å². The molecule has 0 amide bonds. The van der Waals surface area contributed by atoms with Crippen LogP contribution in [0.1, 0.15) is 5.56 Å². The number of ether oxygens (including phenoxy) is 1. The zero-order chi connectivity index (χ0) is 20.4. The summed E-state index contributed by atoms with van der Waals surface area (Å²) in [5.41, 5.74) is 3.70. The molecule has 0 aliphatic carbocycles. The lowest BCUT2D eigenvalue weighted by atomic mass is 10.0. The lowest BCUT2D eigenvalue weighted by Gasteiger charge is -2.13. The van der Waals surface area contributed by atoms with Gasteiger partial charge in [0.1, 0.15) is 5.75 Å². The van der Waals surface area contributed by atoms with E-state index in [2.05, 4.69) is 0 Å². The van der Waals surface area contributed by atoms with Crippen LogP contribution in [0.5, 0.6) is 5.75 Å². The third kappa shape index (κ3) is 3.84. The van der Waals surface area contributed by atoms with Gasteiger partial charge < -0.3 is 4.74 Å². The summed E-state index contributed by atoms with van der Waals surface area (Å²) in [4.78, 5) is 1.55. The average molecular weight is 421 g/mol. The second kappa shape index (κ2) is 7.85. The molecular formula is C24H20O3S2. The van der Waals surface area contributed by atoms with Crippen molar-refractivity contribution in [1.82, 2.24) is 0 Å². The maximum atomic E-state index is 13.4. The normalized spacial score (nSPS) is 11.4. The van der Waals surface area contributed by atoms with Crippen LogP contribution >= 0.6 is 11.3 Å². The summed E-state index contributed by atoms with van der Waals surface area (Å²) in [6, 6.07) is 24.1. The van der Waals surface area contributed by atoms with Gasteiger partial charge in [-0.1, -0.05) is 42.0 Å². The summed E-state index contributed by atoms with van der Waals surface area (Å²) < 4.78 is 32.0. The lowest BCUT2D eigenvalue weighted by molar-refractivity contribution is 0.415.